The molecule has 8 heteroatoms. The molecule has 0 radical (unpaired) electrons. The lowest BCUT2D eigenvalue weighted by atomic mass is 10.2. The summed E-state index contributed by atoms with van der Waals surface area (Å²) >= 11 is 5.83. The highest BCUT2D eigenvalue weighted by Gasteiger charge is 2.20. The van der Waals surface area contributed by atoms with Gasteiger partial charge < -0.3 is 15.0 Å². The molecule has 0 aliphatic carbocycles. The van der Waals surface area contributed by atoms with Crippen LogP contribution in [0, 0.1) is 0 Å². The largest absolute Gasteiger partial charge is 0.464 e. The van der Waals surface area contributed by atoms with Gasteiger partial charge in [0, 0.05) is 18.1 Å². The Hall–Kier alpha value is -2.93. The quantitative estimate of drug-likeness (QED) is 0.734. The molecule has 2 aromatic rings. The maximum atomic E-state index is 12.6. The molecule has 1 aromatic carbocycles. The first-order chi connectivity index (χ1) is 12.9. The van der Waals surface area contributed by atoms with Crippen LogP contribution >= 0.6 is 11.6 Å². The summed E-state index contributed by atoms with van der Waals surface area (Å²) < 4.78 is 4.60. The van der Waals surface area contributed by atoms with Crippen LogP contribution in [0.5, 0.6) is 0 Å². The summed E-state index contributed by atoms with van der Waals surface area (Å²) in [5.41, 5.74) is 1.01. The van der Waals surface area contributed by atoms with Gasteiger partial charge in [0.25, 0.3) is 5.91 Å². The normalized spacial score (nSPS) is 10.2. The molecule has 0 fully saturated rings. The zero-order valence-corrected chi connectivity index (χ0v) is 15.8. The molecule has 7 nitrogen and oxygen atoms in total. The fourth-order valence-electron chi connectivity index (χ4n) is 2.29. The highest BCUT2D eigenvalue weighted by Crippen LogP contribution is 2.09. The Morgan fingerprint density at radius 3 is 2.41 bits per heavy atom. The standard InChI is InChI=1S/C19H20ClN3O4/c1-3-23(12-17(24)21-11-13-7-9-14(20)10-8-13)18(25)15-5-4-6-16(22-15)19(26)27-2/h4-10H,3,11-12H2,1-2H3,(H,21,24). The summed E-state index contributed by atoms with van der Waals surface area (Å²) in [5.74, 6) is -1.37. The average molecular weight is 390 g/mol. The molecule has 0 aliphatic rings. The second-order valence-corrected chi connectivity index (χ2v) is 6.06. The van der Waals surface area contributed by atoms with Crippen molar-refractivity contribution in [2.45, 2.75) is 13.5 Å². The van der Waals surface area contributed by atoms with Gasteiger partial charge in [-0.25, -0.2) is 9.78 Å². The second-order valence-electron chi connectivity index (χ2n) is 5.62. The molecule has 142 valence electrons. The SMILES string of the molecule is CCN(CC(=O)NCc1ccc(Cl)cc1)C(=O)c1cccc(C(=O)OC)n1. The van der Waals surface area contributed by atoms with E-state index in [1.807, 2.05) is 12.1 Å². The maximum Gasteiger partial charge on any atom is 0.356 e. The van der Waals surface area contributed by atoms with Crippen molar-refractivity contribution in [3.63, 3.8) is 0 Å². The second kappa shape index (κ2) is 9.68. The van der Waals surface area contributed by atoms with Crippen LogP contribution in [0.25, 0.3) is 0 Å². The molecule has 0 spiro atoms. The van der Waals surface area contributed by atoms with Crippen molar-refractivity contribution in [1.29, 1.82) is 0 Å². The lowest BCUT2D eigenvalue weighted by Gasteiger charge is -2.20. The number of hydrogen-bond donors (Lipinski definition) is 1. The molecule has 1 aromatic heterocycles. The first-order valence-corrected chi connectivity index (χ1v) is 8.68. The third-order valence-corrected chi connectivity index (χ3v) is 4.02. The lowest BCUT2D eigenvalue weighted by Crippen LogP contribution is -2.40. The van der Waals surface area contributed by atoms with Crippen molar-refractivity contribution in [2.75, 3.05) is 20.2 Å². The summed E-state index contributed by atoms with van der Waals surface area (Å²) in [5, 5.41) is 3.38. The third-order valence-electron chi connectivity index (χ3n) is 3.77. The topological polar surface area (TPSA) is 88.6 Å². The number of benzene rings is 1. The predicted molar refractivity (Wildman–Crippen MR) is 100 cm³/mol. The molecule has 0 saturated carbocycles. The monoisotopic (exact) mass is 389 g/mol. The summed E-state index contributed by atoms with van der Waals surface area (Å²) in [6, 6.07) is 11.6. The van der Waals surface area contributed by atoms with Gasteiger partial charge >= 0.3 is 5.97 Å². The maximum absolute atomic E-state index is 12.6. The van der Waals surface area contributed by atoms with Crippen LogP contribution < -0.4 is 5.32 Å². The molecule has 1 N–H and O–H groups in total. The van der Waals surface area contributed by atoms with Crippen LogP contribution in [0.4, 0.5) is 0 Å². The number of esters is 1. The summed E-state index contributed by atoms with van der Waals surface area (Å²) in [7, 11) is 1.24. The number of ether oxygens (including phenoxy) is 1. The number of carbonyl (C=O) groups excluding carboxylic acids is 3. The highest BCUT2D eigenvalue weighted by atomic mass is 35.5. The van der Waals surface area contributed by atoms with E-state index in [0.29, 0.717) is 18.1 Å². The molecule has 0 bridgehead atoms. The lowest BCUT2D eigenvalue weighted by molar-refractivity contribution is -0.121. The molecule has 2 amide bonds. The number of aromatic nitrogens is 1. The van der Waals surface area contributed by atoms with E-state index in [0.717, 1.165) is 5.56 Å². The van der Waals surface area contributed by atoms with E-state index in [4.69, 9.17) is 11.6 Å². The van der Waals surface area contributed by atoms with E-state index in [1.54, 1.807) is 25.1 Å². The van der Waals surface area contributed by atoms with Gasteiger partial charge in [0.15, 0.2) is 0 Å². The molecule has 0 saturated heterocycles. The van der Waals surface area contributed by atoms with Gasteiger partial charge in [0.1, 0.15) is 11.4 Å². The van der Waals surface area contributed by atoms with Crippen LogP contribution in [0.3, 0.4) is 0 Å². The summed E-state index contributed by atoms with van der Waals surface area (Å²) in [4.78, 5) is 41.7. The fraction of sp³-hybridized carbons (Fsp3) is 0.263. The first kappa shape index (κ1) is 20.4. The number of hydrogen-bond acceptors (Lipinski definition) is 5. The number of rotatable bonds is 7. The average Bonchev–Trinajstić information content (AvgIpc) is 2.70. The van der Waals surface area contributed by atoms with E-state index in [9.17, 15) is 14.4 Å². The van der Waals surface area contributed by atoms with Gasteiger partial charge in [-0.1, -0.05) is 29.8 Å². The van der Waals surface area contributed by atoms with Crippen LogP contribution in [-0.4, -0.2) is 47.9 Å². The van der Waals surface area contributed by atoms with Crippen molar-refractivity contribution < 1.29 is 19.1 Å². The minimum atomic E-state index is -0.631. The van der Waals surface area contributed by atoms with Gasteiger partial charge in [-0.2, -0.15) is 0 Å². The van der Waals surface area contributed by atoms with Crippen molar-refractivity contribution in [3.05, 3.63) is 64.4 Å². The number of carbonyl (C=O) groups is 3. The van der Waals surface area contributed by atoms with Gasteiger partial charge in [0.05, 0.1) is 13.7 Å². The van der Waals surface area contributed by atoms with Crippen molar-refractivity contribution >= 4 is 29.4 Å². The Kier molecular flexibility index (Phi) is 7.31. The molecule has 0 atom stereocenters. The number of halogens is 1. The molecular weight excluding hydrogens is 370 g/mol. The molecule has 0 aliphatic heterocycles. The predicted octanol–water partition coefficient (Wildman–Crippen LogP) is 2.30. The number of methoxy groups -OCH3 is 1. The summed E-state index contributed by atoms with van der Waals surface area (Å²) in [6.07, 6.45) is 0. The fourth-order valence-corrected chi connectivity index (χ4v) is 2.42. The Morgan fingerprint density at radius 1 is 1.11 bits per heavy atom. The number of pyridine rings is 1. The number of nitrogens with one attached hydrogen (secondary N) is 1. The molecule has 1 heterocycles. The highest BCUT2D eigenvalue weighted by molar-refractivity contribution is 6.30. The number of likely N-dealkylation sites (N-methyl/N-ethyl adjacent to an activating group) is 1. The smallest absolute Gasteiger partial charge is 0.356 e. The Morgan fingerprint density at radius 2 is 1.78 bits per heavy atom. The van der Waals surface area contributed by atoms with Gasteiger partial charge in [0.2, 0.25) is 5.91 Å². The van der Waals surface area contributed by atoms with Crippen molar-refractivity contribution in [2.24, 2.45) is 0 Å². The third kappa shape index (κ3) is 5.79. The van der Waals surface area contributed by atoms with Gasteiger partial charge in [-0.3, -0.25) is 9.59 Å². The Bertz CT molecular complexity index is 824. The van der Waals surface area contributed by atoms with Crippen LogP contribution in [0.1, 0.15) is 33.5 Å². The van der Waals surface area contributed by atoms with E-state index < -0.39 is 11.9 Å². The zero-order chi connectivity index (χ0) is 19.8. The van der Waals surface area contributed by atoms with E-state index in [2.05, 4.69) is 15.0 Å². The molecular formula is C19H20ClN3O4. The van der Waals surface area contributed by atoms with E-state index >= 15 is 0 Å². The minimum absolute atomic E-state index is 0.0339. The number of nitrogens with zero attached hydrogens (tertiary/aromatic N) is 2. The van der Waals surface area contributed by atoms with Crippen LogP contribution in [0.15, 0.2) is 42.5 Å². The minimum Gasteiger partial charge on any atom is -0.464 e. The van der Waals surface area contributed by atoms with Crippen LogP contribution in [-0.2, 0) is 16.1 Å². The van der Waals surface area contributed by atoms with Gasteiger partial charge in [-0.05, 0) is 36.8 Å². The van der Waals surface area contributed by atoms with Crippen molar-refractivity contribution in [1.82, 2.24) is 15.2 Å². The molecule has 2 rings (SSSR count). The molecule has 0 unspecified atom stereocenters. The van der Waals surface area contributed by atoms with E-state index in [1.165, 1.54) is 24.1 Å². The summed E-state index contributed by atoms with van der Waals surface area (Å²) in [6.45, 7) is 2.29. The van der Waals surface area contributed by atoms with Crippen molar-refractivity contribution in [3.8, 4) is 0 Å². The van der Waals surface area contributed by atoms with E-state index in [-0.39, 0.29) is 23.8 Å². The number of amides is 2. The Labute approximate surface area is 162 Å². The van der Waals surface area contributed by atoms with Crippen LogP contribution in [0.2, 0.25) is 5.02 Å². The van der Waals surface area contributed by atoms with Gasteiger partial charge in [-0.15, -0.1) is 0 Å². The first-order valence-electron chi connectivity index (χ1n) is 8.30. The Balaban J connectivity index is 1.99. The zero-order valence-electron chi connectivity index (χ0n) is 15.1. The molecule has 27 heavy (non-hydrogen) atoms.